The summed E-state index contributed by atoms with van der Waals surface area (Å²) in [6, 6.07) is 4.99. The number of anilines is 1. The van der Waals surface area contributed by atoms with Crippen LogP contribution in [-0.2, 0) is 0 Å². The summed E-state index contributed by atoms with van der Waals surface area (Å²) < 4.78 is 0. The number of nitro benzene ring substituents is 1. The SMILES string of the molecule is CCN1CCN(c2ccc([C@H](C)O)cc2[N+](=O)[O-])CC1. The maximum atomic E-state index is 11.2. The summed E-state index contributed by atoms with van der Waals surface area (Å²) >= 11 is 0. The van der Waals surface area contributed by atoms with Crippen LogP contribution in [0.5, 0.6) is 0 Å². The maximum Gasteiger partial charge on any atom is 0.292 e. The molecule has 1 aliphatic heterocycles. The first kappa shape index (κ1) is 14.7. The fraction of sp³-hybridized carbons (Fsp3) is 0.571. The fourth-order valence-corrected chi connectivity index (χ4v) is 2.52. The van der Waals surface area contributed by atoms with E-state index in [2.05, 4.69) is 16.7 Å². The summed E-state index contributed by atoms with van der Waals surface area (Å²) in [5.74, 6) is 0. The molecule has 1 aliphatic rings. The minimum atomic E-state index is -0.695. The van der Waals surface area contributed by atoms with Gasteiger partial charge in [-0.05, 0) is 25.1 Å². The Labute approximate surface area is 118 Å². The first-order valence-corrected chi connectivity index (χ1v) is 6.96. The quantitative estimate of drug-likeness (QED) is 0.672. The number of nitrogens with zero attached hydrogens (tertiary/aromatic N) is 3. The van der Waals surface area contributed by atoms with E-state index in [4.69, 9.17) is 0 Å². The van der Waals surface area contributed by atoms with Crippen molar-refractivity contribution >= 4 is 11.4 Å². The Kier molecular flexibility index (Phi) is 4.57. The van der Waals surface area contributed by atoms with Gasteiger partial charge in [0, 0.05) is 32.2 Å². The van der Waals surface area contributed by atoms with Gasteiger partial charge in [0.15, 0.2) is 0 Å². The van der Waals surface area contributed by atoms with Crippen LogP contribution in [0.25, 0.3) is 0 Å². The summed E-state index contributed by atoms with van der Waals surface area (Å²) in [5, 5.41) is 20.8. The number of likely N-dealkylation sites (N-methyl/N-ethyl adjacent to an activating group) is 1. The van der Waals surface area contributed by atoms with Crippen molar-refractivity contribution in [1.29, 1.82) is 0 Å². The van der Waals surface area contributed by atoms with Gasteiger partial charge in [0.1, 0.15) is 5.69 Å². The highest BCUT2D eigenvalue weighted by molar-refractivity contribution is 5.64. The van der Waals surface area contributed by atoms with Crippen LogP contribution in [0.3, 0.4) is 0 Å². The monoisotopic (exact) mass is 279 g/mol. The van der Waals surface area contributed by atoms with E-state index in [1.807, 2.05) is 0 Å². The standard InChI is InChI=1S/C14H21N3O3/c1-3-15-6-8-16(9-7-15)13-5-4-12(11(2)18)10-14(13)17(19)20/h4-5,10-11,18H,3,6-9H2,1-2H3/t11-/m0/s1. The molecule has 6 nitrogen and oxygen atoms in total. The first-order valence-electron chi connectivity index (χ1n) is 6.96. The molecule has 1 heterocycles. The number of aliphatic hydroxyl groups excluding tert-OH is 1. The molecule has 1 aromatic rings. The van der Waals surface area contributed by atoms with Gasteiger partial charge in [-0.15, -0.1) is 0 Å². The molecule has 1 N–H and O–H groups in total. The van der Waals surface area contributed by atoms with E-state index < -0.39 is 6.10 Å². The molecule has 0 saturated carbocycles. The second-order valence-corrected chi connectivity index (χ2v) is 5.10. The van der Waals surface area contributed by atoms with Gasteiger partial charge in [-0.25, -0.2) is 0 Å². The predicted molar refractivity (Wildman–Crippen MR) is 78.1 cm³/mol. The summed E-state index contributed by atoms with van der Waals surface area (Å²) in [7, 11) is 0. The molecular formula is C14H21N3O3. The van der Waals surface area contributed by atoms with Crippen molar-refractivity contribution in [2.45, 2.75) is 20.0 Å². The topological polar surface area (TPSA) is 69.8 Å². The molecular weight excluding hydrogens is 258 g/mol. The number of piperazine rings is 1. The highest BCUT2D eigenvalue weighted by atomic mass is 16.6. The zero-order valence-corrected chi connectivity index (χ0v) is 12.0. The number of nitro groups is 1. The predicted octanol–water partition coefficient (Wildman–Crippen LogP) is 1.79. The van der Waals surface area contributed by atoms with Gasteiger partial charge in [-0.3, -0.25) is 10.1 Å². The highest BCUT2D eigenvalue weighted by Crippen LogP contribution is 2.31. The van der Waals surface area contributed by atoms with Crippen LogP contribution in [0.15, 0.2) is 18.2 Å². The van der Waals surface area contributed by atoms with Crippen LogP contribution in [0.1, 0.15) is 25.5 Å². The van der Waals surface area contributed by atoms with Crippen molar-refractivity contribution in [2.24, 2.45) is 0 Å². The van der Waals surface area contributed by atoms with E-state index in [0.29, 0.717) is 11.3 Å². The third-order valence-electron chi connectivity index (χ3n) is 3.84. The van der Waals surface area contributed by atoms with E-state index >= 15 is 0 Å². The number of hydrogen-bond donors (Lipinski definition) is 1. The molecule has 0 bridgehead atoms. The summed E-state index contributed by atoms with van der Waals surface area (Å²) in [5.41, 5.74) is 1.30. The van der Waals surface area contributed by atoms with E-state index in [-0.39, 0.29) is 10.6 Å². The Morgan fingerprint density at radius 2 is 2.00 bits per heavy atom. The number of hydrogen-bond acceptors (Lipinski definition) is 5. The van der Waals surface area contributed by atoms with Crippen molar-refractivity contribution in [3.8, 4) is 0 Å². The lowest BCUT2D eigenvalue weighted by molar-refractivity contribution is -0.384. The van der Waals surface area contributed by atoms with Gasteiger partial charge in [0.2, 0.25) is 0 Å². The van der Waals surface area contributed by atoms with E-state index in [1.54, 1.807) is 19.1 Å². The van der Waals surface area contributed by atoms with Crippen LogP contribution in [0.2, 0.25) is 0 Å². The molecule has 0 aliphatic carbocycles. The fourth-order valence-electron chi connectivity index (χ4n) is 2.52. The molecule has 0 radical (unpaired) electrons. The molecule has 0 aromatic heterocycles. The normalized spacial score (nSPS) is 18.1. The molecule has 6 heteroatoms. The zero-order valence-electron chi connectivity index (χ0n) is 12.0. The van der Waals surface area contributed by atoms with E-state index in [1.165, 1.54) is 6.07 Å². The van der Waals surface area contributed by atoms with Crippen molar-refractivity contribution in [1.82, 2.24) is 4.90 Å². The van der Waals surface area contributed by atoms with Gasteiger partial charge in [-0.2, -0.15) is 0 Å². The molecule has 1 fully saturated rings. The van der Waals surface area contributed by atoms with Crippen molar-refractivity contribution in [3.63, 3.8) is 0 Å². The van der Waals surface area contributed by atoms with Crippen LogP contribution in [0.4, 0.5) is 11.4 Å². The molecule has 110 valence electrons. The Morgan fingerprint density at radius 1 is 1.35 bits per heavy atom. The van der Waals surface area contributed by atoms with Crippen molar-refractivity contribution in [2.75, 3.05) is 37.6 Å². The second kappa shape index (κ2) is 6.19. The molecule has 1 aromatic carbocycles. The Hall–Kier alpha value is -1.66. The lowest BCUT2D eigenvalue weighted by Gasteiger charge is -2.35. The van der Waals surface area contributed by atoms with Crippen molar-refractivity contribution < 1.29 is 10.0 Å². The third-order valence-corrected chi connectivity index (χ3v) is 3.84. The number of rotatable bonds is 4. The Morgan fingerprint density at radius 3 is 2.50 bits per heavy atom. The first-order chi connectivity index (χ1) is 9.52. The van der Waals surface area contributed by atoms with Crippen molar-refractivity contribution in [3.05, 3.63) is 33.9 Å². The minimum Gasteiger partial charge on any atom is -0.389 e. The Balaban J connectivity index is 2.25. The molecule has 1 atom stereocenters. The highest BCUT2D eigenvalue weighted by Gasteiger charge is 2.24. The van der Waals surface area contributed by atoms with Crippen LogP contribution >= 0.6 is 0 Å². The summed E-state index contributed by atoms with van der Waals surface area (Å²) in [4.78, 5) is 15.3. The zero-order chi connectivity index (χ0) is 14.7. The van der Waals surface area contributed by atoms with Gasteiger partial charge in [-0.1, -0.05) is 13.0 Å². The lowest BCUT2D eigenvalue weighted by Crippen LogP contribution is -2.46. The Bertz CT molecular complexity index is 483. The largest absolute Gasteiger partial charge is 0.389 e. The molecule has 1 saturated heterocycles. The van der Waals surface area contributed by atoms with Crippen LogP contribution < -0.4 is 4.90 Å². The maximum absolute atomic E-state index is 11.2. The average Bonchev–Trinajstić information content (AvgIpc) is 2.46. The van der Waals surface area contributed by atoms with Gasteiger partial charge < -0.3 is 14.9 Å². The number of benzene rings is 1. The third kappa shape index (κ3) is 3.08. The lowest BCUT2D eigenvalue weighted by atomic mass is 10.1. The summed E-state index contributed by atoms with van der Waals surface area (Å²) in [6.07, 6.45) is -0.695. The van der Waals surface area contributed by atoms with E-state index in [9.17, 15) is 15.2 Å². The molecule has 20 heavy (non-hydrogen) atoms. The molecule has 0 amide bonds. The molecule has 0 unspecified atom stereocenters. The summed E-state index contributed by atoms with van der Waals surface area (Å²) in [6.45, 7) is 8.17. The van der Waals surface area contributed by atoms with Gasteiger partial charge in [0.05, 0.1) is 11.0 Å². The molecule has 0 spiro atoms. The van der Waals surface area contributed by atoms with E-state index in [0.717, 1.165) is 32.7 Å². The van der Waals surface area contributed by atoms with Gasteiger partial charge in [0.25, 0.3) is 5.69 Å². The minimum absolute atomic E-state index is 0.0772. The number of aliphatic hydroxyl groups is 1. The van der Waals surface area contributed by atoms with Crippen LogP contribution in [-0.4, -0.2) is 47.7 Å². The van der Waals surface area contributed by atoms with Gasteiger partial charge >= 0.3 is 0 Å². The average molecular weight is 279 g/mol. The molecule has 2 rings (SSSR count). The van der Waals surface area contributed by atoms with Crippen LogP contribution in [0, 0.1) is 10.1 Å². The smallest absolute Gasteiger partial charge is 0.292 e. The second-order valence-electron chi connectivity index (χ2n) is 5.10.